The summed E-state index contributed by atoms with van der Waals surface area (Å²) >= 11 is 0. The topological polar surface area (TPSA) is 186 Å². The van der Waals surface area contributed by atoms with E-state index in [9.17, 15) is 36.8 Å². The van der Waals surface area contributed by atoms with Gasteiger partial charge in [-0.05, 0) is 76.3 Å². The first kappa shape index (κ1) is 39.1. The molecule has 4 amide bonds. The van der Waals surface area contributed by atoms with Crippen molar-refractivity contribution >= 4 is 44.6 Å². The highest BCUT2D eigenvalue weighted by Crippen LogP contribution is 2.46. The maximum Gasteiger partial charge on any atom is 0.408 e. The highest BCUT2D eigenvalue weighted by atomic mass is 32.2. The Morgan fingerprint density at radius 3 is 2.50 bits per heavy atom. The largest absolute Gasteiger partial charge is 0.444 e. The number of halogens is 1. The Labute approximate surface area is 324 Å². The Hall–Kier alpha value is -5.12. The molecule has 3 aromatic rings. The lowest BCUT2D eigenvalue weighted by atomic mass is 9.99. The van der Waals surface area contributed by atoms with Gasteiger partial charge in [0.2, 0.25) is 21.8 Å². The van der Waals surface area contributed by atoms with Crippen LogP contribution >= 0.6 is 0 Å². The number of ether oxygens (including phenoxy) is 1. The molecule has 2 saturated carbocycles. The Bertz CT molecular complexity index is 2270. The second-order valence-electron chi connectivity index (χ2n) is 16.3. The molecule has 0 radical (unpaired) electrons. The minimum atomic E-state index is -3.93. The standard InChI is InChI=1S/C40H47FN6O8S/c1-39(2,3)55-38(52)43-32-16-8-6-4-5-7-11-25-21-40(25,37(51)45-56(53,54)27-17-18-27)44-35(49)33-20-26(23-46(33)36(32)50)47-34(48)19-24(22-42-47)28-12-9-14-30-29(28)13-10-15-31(30)41/h7,9-15,19,22,25-27,32-33H,4-6,8,16-18,20-21,23H2,1-3H3,(H,43,52)(H,44,49)(H,45,51)/b11-7-/t25-,26?,32+,33+,40?/m1/s1. The zero-order chi connectivity index (χ0) is 40.0. The summed E-state index contributed by atoms with van der Waals surface area (Å²) in [5.74, 6) is -3.00. The fraction of sp³-hybridized carbons (Fsp3) is 0.500. The molecule has 298 valence electrons. The smallest absolute Gasteiger partial charge is 0.408 e. The van der Waals surface area contributed by atoms with Gasteiger partial charge in [0, 0.05) is 35.9 Å². The number of alkyl carbamates (subject to hydrolysis) is 1. The average Bonchev–Trinajstić information content (AvgIpc) is 4.06. The Kier molecular flexibility index (Phi) is 10.5. The molecule has 1 aromatic heterocycles. The number of carbonyl (C=O) groups excluding carboxylic acids is 4. The number of benzene rings is 2. The number of allylic oxidation sites excluding steroid dienone is 1. The van der Waals surface area contributed by atoms with Gasteiger partial charge >= 0.3 is 6.09 Å². The summed E-state index contributed by atoms with van der Waals surface area (Å²) in [5.41, 5.74) is -1.88. The summed E-state index contributed by atoms with van der Waals surface area (Å²) in [7, 11) is -3.93. The molecule has 56 heavy (non-hydrogen) atoms. The van der Waals surface area contributed by atoms with E-state index in [2.05, 4.69) is 20.5 Å². The van der Waals surface area contributed by atoms with E-state index in [0.717, 1.165) is 12.8 Å². The summed E-state index contributed by atoms with van der Waals surface area (Å²) in [6.07, 6.45) is 8.36. The zero-order valence-corrected chi connectivity index (χ0v) is 32.4. The van der Waals surface area contributed by atoms with Crippen LogP contribution in [0.3, 0.4) is 0 Å². The highest BCUT2D eigenvalue weighted by Gasteiger charge is 2.62. The number of hydrogen-bond donors (Lipinski definition) is 3. The van der Waals surface area contributed by atoms with E-state index < -0.39 is 85.6 Å². The van der Waals surface area contributed by atoms with E-state index in [0.29, 0.717) is 47.6 Å². The van der Waals surface area contributed by atoms with Crippen LogP contribution in [0.1, 0.15) is 84.6 Å². The molecule has 3 heterocycles. The van der Waals surface area contributed by atoms with E-state index >= 15 is 0 Å². The van der Waals surface area contributed by atoms with Crippen molar-refractivity contribution in [2.24, 2.45) is 5.92 Å². The molecule has 3 N–H and O–H groups in total. The third kappa shape index (κ3) is 8.20. The van der Waals surface area contributed by atoms with Crippen LogP contribution in [0.5, 0.6) is 0 Å². The van der Waals surface area contributed by atoms with Gasteiger partial charge < -0.3 is 20.3 Å². The van der Waals surface area contributed by atoms with Crippen molar-refractivity contribution in [3.05, 3.63) is 77.0 Å². The van der Waals surface area contributed by atoms with E-state index in [4.69, 9.17) is 4.74 Å². The summed E-state index contributed by atoms with van der Waals surface area (Å²) in [6.45, 7) is 4.97. The Morgan fingerprint density at radius 2 is 1.77 bits per heavy atom. The number of nitrogens with zero attached hydrogens (tertiary/aromatic N) is 3. The van der Waals surface area contributed by atoms with Gasteiger partial charge in [0.25, 0.3) is 11.5 Å². The number of carbonyl (C=O) groups is 4. The lowest BCUT2D eigenvalue weighted by Crippen LogP contribution is -2.58. The fourth-order valence-electron chi connectivity index (χ4n) is 7.77. The summed E-state index contributed by atoms with van der Waals surface area (Å²) in [4.78, 5) is 70.7. The van der Waals surface area contributed by atoms with Crippen LogP contribution in [0.2, 0.25) is 0 Å². The van der Waals surface area contributed by atoms with Crippen molar-refractivity contribution in [2.45, 2.75) is 113 Å². The van der Waals surface area contributed by atoms with Crippen LogP contribution in [0.4, 0.5) is 9.18 Å². The zero-order valence-electron chi connectivity index (χ0n) is 31.6. The van der Waals surface area contributed by atoms with Crippen molar-refractivity contribution in [1.82, 2.24) is 30.0 Å². The van der Waals surface area contributed by atoms with E-state index in [1.807, 2.05) is 12.2 Å². The number of rotatable bonds is 6. The SMILES string of the molecule is CC(C)(C)OC(=O)N[C@H]1CCCCC/C=C\[C@@H]2CC2(C(=O)NS(=O)(=O)C2CC2)NC(=O)[C@@H]2CC(n3ncc(-c4cccc5c(F)cccc45)cc3=O)CN2C1=O. The second-order valence-corrected chi connectivity index (χ2v) is 18.2. The number of aromatic nitrogens is 2. The maximum atomic E-state index is 14.6. The van der Waals surface area contributed by atoms with Crippen LogP contribution in [0.15, 0.2) is 65.6 Å². The average molecular weight is 791 g/mol. The number of amides is 4. The van der Waals surface area contributed by atoms with Gasteiger partial charge in [0.15, 0.2) is 0 Å². The molecule has 2 aliphatic carbocycles. The number of fused-ring (bicyclic) bond motifs is 3. The molecular formula is C40H47FN6O8S. The second kappa shape index (κ2) is 15.1. The molecule has 0 spiro atoms. The molecule has 4 aliphatic rings. The minimum Gasteiger partial charge on any atom is -0.444 e. The monoisotopic (exact) mass is 790 g/mol. The molecule has 5 atom stereocenters. The first-order valence-electron chi connectivity index (χ1n) is 19.2. The normalized spacial score (nSPS) is 26.5. The van der Waals surface area contributed by atoms with Crippen LogP contribution in [0, 0.1) is 11.7 Å². The molecule has 7 rings (SSSR count). The number of sulfonamides is 1. The first-order valence-corrected chi connectivity index (χ1v) is 20.7. The van der Waals surface area contributed by atoms with Crippen LogP contribution in [0.25, 0.3) is 21.9 Å². The van der Waals surface area contributed by atoms with Gasteiger partial charge in [-0.15, -0.1) is 0 Å². The highest BCUT2D eigenvalue weighted by molar-refractivity contribution is 7.91. The molecular weight excluding hydrogens is 744 g/mol. The van der Waals surface area contributed by atoms with Crippen molar-refractivity contribution in [3.63, 3.8) is 0 Å². The molecule has 3 fully saturated rings. The van der Waals surface area contributed by atoms with Gasteiger partial charge in [-0.3, -0.25) is 23.9 Å². The third-order valence-corrected chi connectivity index (χ3v) is 12.7. The molecule has 14 nitrogen and oxygen atoms in total. The lowest BCUT2D eigenvalue weighted by Gasteiger charge is -2.30. The first-order chi connectivity index (χ1) is 26.6. The molecule has 2 aromatic carbocycles. The lowest BCUT2D eigenvalue weighted by molar-refractivity contribution is -0.141. The number of nitrogens with one attached hydrogen (secondary N) is 3. The van der Waals surface area contributed by atoms with Gasteiger partial charge in [0.05, 0.1) is 17.5 Å². The maximum absolute atomic E-state index is 14.6. The van der Waals surface area contributed by atoms with E-state index in [-0.39, 0.29) is 25.8 Å². The van der Waals surface area contributed by atoms with Crippen molar-refractivity contribution < 1.29 is 36.7 Å². The minimum absolute atomic E-state index is 0.0684. The number of hydrogen-bond acceptors (Lipinski definition) is 9. The van der Waals surface area contributed by atoms with E-state index in [1.165, 1.54) is 27.9 Å². The Balaban J connectivity index is 1.22. The molecule has 0 bridgehead atoms. The predicted molar refractivity (Wildman–Crippen MR) is 205 cm³/mol. The van der Waals surface area contributed by atoms with Crippen molar-refractivity contribution in [1.29, 1.82) is 0 Å². The van der Waals surface area contributed by atoms with Gasteiger partial charge in [-0.2, -0.15) is 5.10 Å². The third-order valence-electron chi connectivity index (χ3n) is 10.9. The molecule has 2 aliphatic heterocycles. The van der Waals surface area contributed by atoms with Crippen LogP contribution < -0.4 is 20.9 Å². The predicted octanol–water partition coefficient (Wildman–Crippen LogP) is 4.24. The molecule has 16 heteroatoms. The van der Waals surface area contributed by atoms with Gasteiger partial charge in [-0.25, -0.2) is 22.3 Å². The summed E-state index contributed by atoms with van der Waals surface area (Å²) in [6, 6.07) is 8.08. The van der Waals surface area contributed by atoms with Crippen LogP contribution in [-0.2, 0) is 29.1 Å². The van der Waals surface area contributed by atoms with Crippen LogP contribution in [-0.4, -0.2) is 81.9 Å². The quantitative estimate of drug-likeness (QED) is 0.307. The molecule has 2 unspecified atom stereocenters. The fourth-order valence-corrected chi connectivity index (χ4v) is 9.13. The summed E-state index contributed by atoms with van der Waals surface area (Å²) < 4.78 is 49.1. The van der Waals surface area contributed by atoms with Crippen molar-refractivity contribution in [2.75, 3.05) is 6.54 Å². The van der Waals surface area contributed by atoms with Gasteiger partial charge in [0.1, 0.15) is 29.0 Å². The summed E-state index contributed by atoms with van der Waals surface area (Å²) in [5, 5.41) is 10.3. The van der Waals surface area contributed by atoms with Crippen molar-refractivity contribution in [3.8, 4) is 11.1 Å². The Morgan fingerprint density at radius 1 is 1.02 bits per heavy atom. The van der Waals surface area contributed by atoms with E-state index in [1.54, 1.807) is 51.1 Å². The van der Waals surface area contributed by atoms with Gasteiger partial charge in [-0.1, -0.05) is 55.3 Å². The molecule has 1 saturated heterocycles.